The average molecular weight is 1130 g/mol. The molecule has 0 saturated heterocycles. The van der Waals surface area contributed by atoms with E-state index in [1.165, 1.54) is 308 Å². The van der Waals surface area contributed by atoms with E-state index in [9.17, 15) is 14.4 Å². The summed E-state index contributed by atoms with van der Waals surface area (Å²) in [6.07, 6.45) is 85.0. The van der Waals surface area contributed by atoms with Crippen LogP contribution in [0.15, 0.2) is 24.3 Å². The Morgan fingerprint density at radius 3 is 0.625 bits per heavy atom. The van der Waals surface area contributed by atoms with Gasteiger partial charge in [-0.1, -0.05) is 347 Å². The van der Waals surface area contributed by atoms with E-state index >= 15 is 0 Å². The SMILES string of the molecule is CCCCCCCCC/C=C\CCCCCCCC(=O)OCC(COC(=O)CCCCCCCCCCCCCCC/C=C\CCCCCCCCCC)OC(=O)CCCCCCCCCCCCCCCCCCCCCCC. The molecule has 0 bridgehead atoms. The minimum atomic E-state index is -0.773. The first-order valence-electron chi connectivity index (χ1n) is 36.3. The van der Waals surface area contributed by atoms with Gasteiger partial charge in [0.1, 0.15) is 13.2 Å². The maximum absolute atomic E-state index is 13.0. The second-order valence-corrected chi connectivity index (χ2v) is 24.9. The normalized spacial score (nSPS) is 12.1. The molecular weight excluding hydrogens is 985 g/mol. The molecule has 0 heterocycles. The van der Waals surface area contributed by atoms with Crippen LogP contribution in [0.3, 0.4) is 0 Å². The lowest BCUT2D eigenvalue weighted by Crippen LogP contribution is -2.30. The van der Waals surface area contributed by atoms with Crippen molar-refractivity contribution in [3.8, 4) is 0 Å². The van der Waals surface area contributed by atoms with E-state index in [-0.39, 0.29) is 31.1 Å². The van der Waals surface area contributed by atoms with Crippen molar-refractivity contribution in [2.75, 3.05) is 13.2 Å². The molecule has 0 aromatic heterocycles. The fourth-order valence-electron chi connectivity index (χ4n) is 11.2. The number of unbranched alkanes of at least 4 members (excludes halogenated alkanes) is 53. The number of hydrogen-bond donors (Lipinski definition) is 0. The van der Waals surface area contributed by atoms with Crippen LogP contribution in [0.5, 0.6) is 0 Å². The molecule has 0 amide bonds. The minimum Gasteiger partial charge on any atom is -0.462 e. The van der Waals surface area contributed by atoms with Crippen molar-refractivity contribution in [1.29, 1.82) is 0 Å². The number of rotatable bonds is 68. The maximum atomic E-state index is 13.0. The molecule has 6 heteroatoms. The molecule has 472 valence electrons. The molecule has 0 spiro atoms. The van der Waals surface area contributed by atoms with Gasteiger partial charge in [0.15, 0.2) is 6.10 Å². The van der Waals surface area contributed by atoms with E-state index in [0.29, 0.717) is 19.3 Å². The molecule has 0 radical (unpaired) electrons. The zero-order chi connectivity index (χ0) is 57.8. The predicted molar refractivity (Wildman–Crippen MR) is 349 cm³/mol. The molecule has 80 heavy (non-hydrogen) atoms. The van der Waals surface area contributed by atoms with Gasteiger partial charge in [-0.25, -0.2) is 0 Å². The average Bonchev–Trinajstić information content (AvgIpc) is 3.46. The lowest BCUT2D eigenvalue weighted by atomic mass is 10.0. The monoisotopic (exact) mass is 1130 g/mol. The Balaban J connectivity index is 4.27. The fourth-order valence-corrected chi connectivity index (χ4v) is 11.2. The fraction of sp³-hybridized carbons (Fsp3) is 0.905. The summed E-state index contributed by atoms with van der Waals surface area (Å²) in [5.41, 5.74) is 0. The number of allylic oxidation sites excluding steroid dienone is 4. The zero-order valence-corrected chi connectivity index (χ0v) is 54.4. The Morgan fingerprint density at radius 2 is 0.412 bits per heavy atom. The van der Waals surface area contributed by atoms with Crippen molar-refractivity contribution < 1.29 is 28.6 Å². The van der Waals surface area contributed by atoms with E-state index < -0.39 is 6.10 Å². The van der Waals surface area contributed by atoms with Gasteiger partial charge < -0.3 is 14.2 Å². The highest BCUT2D eigenvalue weighted by Crippen LogP contribution is 2.19. The summed E-state index contributed by atoms with van der Waals surface area (Å²) in [5.74, 6) is -0.843. The van der Waals surface area contributed by atoms with Crippen molar-refractivity contribution in [3.63, 3.8) is 0 Å². The van der Waals surface area contributed by atoms with Gasteiger partial charge >= 0.3 is 17.9 Å². The summed E-state index contributed by atoms with van der Waals surface area (Å²) in [7, 11) is 0. The van der Waals surface area contributed by atoms with E-state index in [0.717, 1.165) is 64.2 Å². The third kappa shape index (κ3) is 66.7. The molecular formula is C74H140O6. The van der Waals surface area contributed by atoms with E-state index in [2.05, 4.69) is 45.1 Å². The quantitative estimate of drug-likeness (QED) is 0.0261. The van der Waals surface area contributed by atoms with Crippen LogP contribution >= 0.6 is 0 Å². The summed E-state index contributed by atoms with van der Waals surface area (Å²) in [6.45, 7) is 6.72. The standard InChI is InChI=1S/C74H140O6/c1-4-7-10-13-16-19-22-25-28-31-33-35-36-37-38-40-41-43-46-49-52-55-58-61-64-67-73(76)79-70-71(69-78-72(75)66-63-60-57-54-51-48-45-30-27-24-21-18-15-12-9-6-3)80-74(77)68-65-62-59-56-53-50-47-44-42-39-34-32-29-26-23-20-17-14-11-8-5-2/h30-31,33,45,71H,4-29,32,34-44,46-70H2,1-3H3/b33-31-,45-30-. The number of esters is 3. The lowest BCUT2D eigenvalue weighted by molar-refractivity contribution is -0.167. The van der Waals surface area contributed by atoms with Crippen LogP contribution in [0, 0.1) is 0 Å². The summed E-state index contributed by atoms with van der Waals surface area (Å²) in [4.78, 5) is 38.5. The molecule has 0 aromatic rings. The van der Waals surface area contributed by atoms with Crippen molar-refractivity contribution >= 4 is 17.9 Å². The second kappa shape index (κ2) is 69.4. The Morgan fingerprint density at radius 1 is 0.237 bits per heavy atom. The number of carbonyl (C=O) groups is 3. The highest BCUT2D eigenvalue weighted by Gasteiger charge is 2.19. The van der Waals surface area contributed by atoms with Crippen molar-refractivity contribution in [2.45, 2.75) is 419 Å². The van der Waals surface area contributed by atoms with E-state index in [1.807, 2.05) is 0 Å². The molecule has 1 unspecified atom stereocenters. The predicted octanol–water partition coefficient (Wildman–Crippen LogP) is 25.0. The largest absolute Gasteiger partial charge is 0.462 e. The van der Waals surface area contributed by atoms with Gasteiger partial charge in [0.25, 0.3) is 0 Å². The molecule has 0 aliphatic rings. The third-order valence-electron chi connectivity index (χ3n) is 16.7. The summed E-state index contributed by atoms with van der Waals surface area (Å²) < 4.78 is 17.0. The molecule has 0 rings (SSSR count). The third-order valence-corrected chi connectivity index (χ3v) is 16.7. The Kier molecular flexibility index (Phi) is 67.6. The number of carbonyl (C=O) groups excluding carboxylic acids is 3. The second-order valence-electron chi connectivity index (χ2n) is 24.9. The van der Waals surface area contributed by atoms with Crippen LogP contribution in [0.4, 0.5) is 0 Å². The van der Waals surface area contributed by atoms with Crippen LogP contribution in [0.25, 0.3) is 0 Å². The first-order valence-corrected chi connectivity index (χ1v) is 36.3. The highest BCUT2D eigenvalue weighted by atomic mass is 16.6. The molecule has 0 N–H and O–H groups in total. The maximum Gasteiger partial charge on any atom is 0.306 e. The number of ether oxygens (including phenoxy) is 3. The molecule has 1 atom stereocenters. The Hall–Kier alpha value is -2.11. The van der Waals surface area contributed by atoms with Crippen LogP contribution < -0.4 is 0 Å². The van der Waals surface area contributed by atoms with Gasteiger partial charge in [-0.2, -0.15) is 0 Å². The van der Waals surface area contributed by atoms with E-state index in [1.54, 1.807) is 0 Å². The van der Waals surface area contributed by atoms with Crippen molar-refractivity contribution in [3.05, 3.63) is 24.3 Å². The van der Waals surface area contributed by atoms with Crippen LogP contribution in [-0.4, -0.2) is 37.2 Å². The summed E-state index contributed by atoms with van der Waals surface area (Å²) in [6, 6.07) is 0. The van der Waals surface area contributed by atoms with E-state index in [4.69, 9.17) is 14.2 Å². The number of hydrogen-bond acceptors (Lipinski definition) is 6. The Labute approximate surface area is 500 Å². The topological polar surface area (TPSA) is 78.9 Å². The van der Waals surface area contributed by atoms with Gasteiger partial charge in [0.05, 0.1) is 0 Å². The van der Waals surface area contributed by atoms with Gasteiger partial charge in [-0.15, -0.1) is 0 Å². The molecule has 0 aliphatic heterocycles. The zero-order valence-electron chi connectivity index (χ0n) is 54.4. The molecule has 6 nitrogen and oxygen atoms in total. The molecule has 0 fully saturated rings. The summed E-state index contributed by atoms with van der Waals surface area (Å²) >= 11 is 0. The van der Waals surface area contributed by atoms with Gasteiger partial charge in [-0.05, 0) is 70.6 Å². The van der Waals surface area contributed by atoms with Gasteiger partial charge in [0.2, 0.25) is 0 Å². The Bertz CT molecular complexity index is 1290. The molecule has 0 aliphatic carbocycles. The first kappa shape index (κ1) is 77.9. The van der Waals surface area contributed by atoms with Crippen molar-refractivity contribution in [2.24, 2.45) is 0 Å². The van der Waals surface area contributed by atoms with Crippen LogP contribution in [0.1, 0.15) is 412 Å². The van der Waals surface area contributed by atoms with Gasteiger partial charge in [0, 0.05) is 19.3 Å². The summed E-state index contributed by atoms with van der Waals surface area (Å²) in [5, 5.41) is 0. The highest BCUT2D eigenvalue weighted by molar-refractivity contribution is 5.71. The molecule has 0 saturated carbocycles. The molecule has 0 aromatic carbocycles. The lowest BCUT2D eigenvalue weighted by Gasteiger charge is -2.18. The minimum absolute atomic E-state index is 0.0680. The first-order chi connectivity index (χ1) is 39.5. The van der Waals surface area contributed by atoms with Gasteiger partial charge in [-0.3, -0.25) is 14.4 Å². The van der Waals surface area contributed by atoms with Crippen molar-refractivity contribution in [1.82, 2.24) is 0 Å². The smallest absolute Gasteiger partial charge is 0.306 e. The van der Waals surface area contributed by atoms with Crippen LogP contribution in [-0.2, 0) is 28.6 Å². The van der Waals surface area contributed by atoms with Crippen LogP contribution in [0.2, 0.25) is 0 Å².